The summed E-state index contributed by atoms with van der Waals surface area (Å²) < 4.78 is 16.8. The Balaban J connectivity index is -0.00000000500. The van der Waals surface area contributed by atoms with Gasteiger partial charge in [-0.1, -0.05) is 0 Å². The molecule has 0 aliphatic carbocycles. The van der Waals surface area contributed by atoms with E-state index in [4.69, 9.17) is 2.98 Å². The Labute approximate surface area is 99.7 Å². The van der Waals surface area contributed by atoms with E-state index in [1.54, 1.807) is 0 Å². The summed E-state index contributed by atoms with van der Waals surface area (Å²) in [5.41, 5.74) is 0. The summed E-state index contributed by atoms with van der Waals surface area (Å²) in [5.74, 6) is 0. The quantitative estimate of drug-likeness (QED) is 0.536. The van der Waals surface area contributed by atoms with Gasteiger partial charge in [0.15, 0.2) is 0 Å². The molecule has 0 aliphatic heterocycles. The molecule has 0 aromatic rings. The molecule has 0 saturated carbocycles. The van der Waals surface area contributed by atoms with Crippen molar-refractivity contribution in [3.63, 3.8) is 0 Å². The van der Waals surface area contributed by atoms with Crippen LogP contribution in [-0.2, 0) is 34.0 Å². The van der Waals surface area contributed by atoms with Gasteiger partial charge in [-0.25, -0.2) is 0 Å². The second-order valence-electron chi connectivity index (χ2n) is 0. The van der Waals surface area contributed by atoms with E-state index in [0.717, 1.165) is 0 Å². The predicted octanol–water partition coefficient (Wildman–Crippen LogP) is -1.07. The van der Waals surface area contributed by atoms with Crippen LogP contribution >= 0.6 is 0 Å². The van der Waals surface area contributed by atoms with Gasteiger partial charge in [-0.2, -0.15) is 0 Å². The van der Waals surface area contributed by atoms with Crippen molar-refractivity contribution in [3.05, 3.63) is 0 Å². The van der Waals surface area contributed by atoms with Crippen molar-refractivity contribution >= 4 is 23.1 Å². The third-order valence-corrected chi connectivity index (χ3v) is 0. The fourth-order valence-electron chi connectivity index (χ4n) is 0. The summed E-state index contributed by atoms with van der Waals surface area (Å²) >= 11 is 0.156. The van der Waals surface area contributed by atoms with Crippen LogP contribution in [0.25, 0.3) is 0 Å². The molecular weight excluding hydrogens is 301 g/mol. The van der Waals surface area contributed by atoms with E-state index in [1.807, 2.05) is 0 Å². The molecule has 0 heterocycles. The van der Waals surface area contributed by atoms with Crippen molar-refractivity contribution in [1.82, 2.24) is 0 Å². The van der Waals surface area contributed by atoms with Crippen molar-refractivity contribution in [2.45, 2.75) is 0 Å². The molecule has 0 fully saturated rings. The summed E-state index contributed by atoms with van der Waals surface area (Å²) in [5, 5.41) is 0. The zero-order valence-electron chi connectivity index (χ0n) is 3.34. The Morgan fingerprint density at radius 2 is 1.17 bits per heavy atom. The second-order valence-corrected chi connectivity index (χ2v) is 0. The van der Waals surface area contributed by atoms with Crippen LogP contribution in [-0.4, -0.2) is 28.5 Å². The SMILES string of the molecule is [MgH+].[OH-].[O]=[Ce].[O]=[Y]. The molecule has 0 bridgehead atoms. The van der Waals surface area contributed by atoms with Crippen LogP contribution in [0, 0.1) is 39.8 Å². The first-order valence-electron chi connectivity index (χ1n) is 0.440. The van der Waals surface area contributed by atoms with Gasteiger partial charge in [0.2, 0.25) is 0 Å². The molecule has 0 rings (SSSR count). The van der Waals surface area contributed by atoms with Crippen molar-refractivity contribution < 1.29 is 79.2 Å². The Hall–Kier alpha value is 2.81. The summed E-state index contributed by atoms with van der Waals surface area (Å²) in [6, 6.07) is 0. The maximum atomic E-state index is 8.39. The van der Waals surface area contributed by atoms with Crippen LogP contribution in [0.4, 0.5) is 0 Å². The van der Waals surface area contributed by atoms with Gasteiger partial charge >= 0.3 is 96.8 Å². The van der Waals surface area contributed by atoms with E-state index in [2.05, 4.69) is 0 Å². The van der Waals surface area contributed by atoms with Gasteiger partial charge in [-0.05, 0) is 0 Å². The van der Waals surface area contributed by atoms with Crippen LogP contribution in [0.2, 0.25) is 0 Å². The number of hydrogen-bond acceptors (Lipinski definition) is 3. The molecule has 6 heteroatoms. The molecule has 0 radical (unpaired) electrons. The van der Waals surface area contributed by atoms with Gasteiger partial charge in [0.1, 0.15) is 0 Å². The number of rotatable bonds is 0. The third kappa shape index (κ3) is 29.1. The molecule has 0 aromatic carbocycles. The topological polar surface area (TPSA) is 64.1 Å². The molecule has 0 saturated heterocycles. The summed E-state index contributed by atoms with van der Waals surface area (Å²) in [6.07, 6.45) is 0. The summed E-state index contributed by atoms with van der Waals surface area (Å²) in [7, 11) is 0. The van der Waals surface area contributed by atoms with E-state index < -0.39 is 0 Å². The van der Waals surface area contributed by atoms with Gasteiger partial charge in [0.05, 0.1) is 0 Å². The molecule has 0 atom stereocenters. The fourth-order valence-corrected chi connectivity index (χ4v) is 0. The minimum atomic E-state index is 0. The average Bonchev–Trinajstić information content (AvgIpc) is 1.50. The van der Waals surface area contributed by atoms with E-state index in [-0.39, 0.29) is 99.3 Å². The molecule has 1 N–H and O–H groups in total. The molecule has 0 amide bonds. The Kier molecular flexibility index (Phi) is 178. The predicted molar refractivity (Wildman–Crippen MR) is 10.5 cm³/mol. The molecule has 3 nitrogen and oxygen atoms in total. The Bertz CT molecular complexity index is 12.8. The molecule has 29 valence electrons. The van der Waals surface area contributed by atoms with E-state index in [0.29, 0.717) is 0 Å². The van der Waals surface area contributed by atoms with Crippen molar-refractivity contribution in [2.75, 3.05) is 0 Å². The molecular formula is H2CeMgO3Y. The van der Waals surface area contributed by atoms with Gasteiger partial charge in [0, 0.05) is 0 Å². The van der Waals surface area contributed by atoms with E-state index >= 15 is 0 Å². The van der Waals surface area contributed by atoms with Gasteiger partial charge < -0.3 is 5.48 Å². The average molecular weight is 303 g/mol. The molecule has 0 spiro atoms. The van der Waals surface area contributed by atoms with Gasteiger partial charge in [-0.15, -0.1) is 0 Å². The minimum absolute atomic E-state index is 0. The van der Waals surface area contributed by atoms with Crippen LogP contribution in [0.3, 0.4) is 0 Å². The maximum absolute atomic E-state index is 8.39. The van der Waals surface area contributed by atoms with Crippen molar-refractivity contribution in [1.29, 1.82) is 0 Å². The normalized spacial score (nSPS) is 1.50. The monoisotopic (exact) mass is 303 g/mol. The van der Waals surface area contributed by atoms with Crippen LogP contribution in [0.5, 0.6) is 0 Å². The van der Waals surface area contributed by atoms with E-state index in [9.17, 15) is 0 Å². The van der Waals surface area contributed by atoms with Gasteiger partial charge in [0.25, 0.3) is 0 Å². The van der Waals surface area contributed by atoms with Crippen LogP contribution < -0.4 is 0 Å². The first-order valence-corrected chi connectivity index (χ1v) is 2.88. The Morgan fingerprint density at radius 1 is 1.17 bits per heavy atom. The zero-order chi connectivity index (χ0) is 4.00. The first kappa shape index (κ1) is 23.2. The zero-order valence-corrected chi connectivity index (χ0v) is 11.3. The van der Waals surface area contributed by atoms with Crippen LogP contribution in [0.1, 0.15) is 0 Å². The molecule has 0 aromatic heterocycles. The van der Waals surface area contributed by atoms with Crippen LogP contribution in [0.15, 0.2) is 0 Å². The second kappa shape index (κ2) is 45.9. The third-order valence-electron chi connectivity index (χ3n) is 0. The number of hydrogen-bond donors (Lipinski definition) is 0. The summed E-state index contributed by atoms with van der Waals surface area (Å²) in [6.45, 7) is 0. The Morgan fingerprint density at radius 3 is 1.17 bits per heavy atom. The van der Waals surface area contributed by atoms with E-state index in [1.165, 1.54) is 0 Å². The first-order chi connectivity index (χ1) is 2.00. The molecule has 6 heavy (non-hydrogen) atoms. The van der Waals surface area contributed by atoms with Gasteiger partial charge in [-0.3, -0.25) is 0 Å². The molecule has 0 aliphatic rings. The standard InChI is InChI=1S/Ce.Mg.H2O.2O.Y.H/h;;1H2;;;;/q;+1;;;;;/p-1. The van der Waals surface area contributed by atoms with Crippen molar-refractivity contribution in [2.24, 2.45) is 0 Å². The fraction of sp³-hybridized carbons (Fsp3) is 0. The van der Waals surface area contributed by atoms with Crippen molar-refractivity contribution in [3.8, 4) is 0 Å². The molecule has 0 unspecified atom stereocenters. The summed E-state index contributed by atoms with van der Waals surface area (Å²) in [4.78, 5) is 0.